The molecule has 3 aromatic rings. The molecule has 0 amide bonds. The van der Waals surface area contributed by atoms with Gasteiger partial charge in [-0.25, -0.2) is 4.98 Å². The van der Waals surface area contributed by atoms with Crippen molar-refractivity contribution in [2.75, 3.05) is 0 Å². The summed E-state index contributed by atoms with van der Waals surface area (Å²) in [6.07, 6.45) is 0. The average molecular weight is 323 g/mol. The lowest BCUT2D eigenvalue weighted by Gasteiger charge is -2.11. The first-order valence-electron chi connectivity index (χ1n) is 8.11. The maximum Gasteiger partial charge on any atom is 0.126 e. The van der Waals surface area contributed by atoms with Crippen LogP contribution in [-0.2, 0) is 4.84 Å². The van der Waals surface area contributed by atoms with Gasteiger partial charge in [0.25, 0.3) is 0 Å². The lowest BCUT2D eigenvalue weighted by atomic mass is 9.93. The third kappa shape index (κ3) is 2.14. The number of aromatic nitrogens is 4. The Bertz CT molecular complexity index is 959. The van der Waals surface area contributed by atoms with E-state index in [0.29, 0.717) is 0 Å². The molecule has 3 heterocycles. The normalized spacial score (nSPS) is 17.8. The van der Waals surface area contributed by atoms with Gasteiger partial charge in [-0.15, -0.1) is 5.48 Å². The summed E-state index contributed by atoms with van der Waals surface area (Å²) in [6, 6.07) is 4.49. The third-order valence-corrected chi connectivity index (χ3v) is 4.61. The van der Waals surface area contributed by atoms with Gasteiger partial charge < -0.3 is 9.82 Å². The van der Waals surface area contributed by atoms with Crippen LogP contribution in [0.5, 0.6) is 0 Å². The lowest BCUT2D eigenvalue weighted by Crippen LogP contribution is -2.18. The first-order chi connectivity index (χ1) is 11.5. The van der Waals surface area contributed by atoms with Gasteiger partial charge in [-0.05, 0) is 52.3 Å². The van der Waals surface area contributed by atoms with E-state index < -0.39 is 0 Å². The number of nitrogens with zero attached hydrogens (tertiary/aromatic N) is 2. The van der Waals surface area contributed by atoms with Gasteiger partial charge in [-0.1, -0.05) is 0 Å². The number of fused-ring (bicyclic) bond motifs is 1. The molecule has 1 aliphatic heterocycles. The maximum absolute atomic E-state index is 5.51. The number of H-pyrrole nitrogens is 2. The third-order valence-electron chi connectivity index (χ3n) is 4.61. The number of aromatic amines is 2. The number of imidazole rings is 1. The monoisotopic (exact) mass is 323 g/mol. The van der Waals surface area contributed by atoms with Crippen LogP contribution >= 0.6 is 0 Å². The van der Waals surface area contributed by atoms with Crippen LogP contribution in [0.15, 0.2) is 17.9 Å². The van der Waals surface area contributed by atoms with E-state index in [1.54, 1.807) is 0 Å². The predicted molar refractivity (Wildman–Crippen MR) is 94.2 cm³/mol. The second-order valence-electron chi connectivity index (χ2n) is 6.46. The summed E-state index contributed by atoms with van der Waals surface area (Å²) < 4.78 is 0. The number of rotatable bonds is 2. The molecule has 124 valence electrons. The SMILES string of the molecule is CC1=C(c2cc(-c3c(C)n[nH]c3C)c3nc(C)[nH]c3c2)C(C)NO1. The van der Waals surface area contributed by atoms with Gasteiger partial charge in [0, 0.05) is 22.4 Å². The van der Waals surface area contributed by atoms with Gasteiger partial charge in [-0.3, -0.25) is 5.10 Å². The smallest absolute Gasteiger partial charge is 0.126 e. The Morgan fingerprint density at radius 1 is 1.12 bits per heavy atom. The molecule has 4 rings (SSSR count). The van der Waals surface area contributed by atoms with E-state index in [9.17, 15) is 0 Å². The van der Waals surface area contributed by atoms with Crippen LogP contribution in [0.4, 0.5) is 0 Å². The van der Waals surface area contributed by atoms with E-state index in [1.165, 1.54) is 5.57 Å². The van der Waals surface area contributed by atoms with Crippen LogP contribution in [-0.4, -0.2) is 26.2 Å². The minimum Gasteiger partial charge on any atom is -0.413 e. The Hall–Kier alpha value is -2.60. The van der Waals surface area contributed by atoms with Gasteiger partial charge >= 0.3 is 0 Å². The van der Waals surface area contributed by atoms with Crippen molar-refractivity contribution in [3.8, 4) is 11.1 Å². The molecule has 6 nitrogen and oxygen atoms in total. The van der Waals surface area contributed by atoms with Crippen LogP contribution in [0.25, 0.3) is 27.7 Å². The van der Waals surface area contributed by atoms with Crippen LogP contribution in [0, 0.1) is 20.8 Å². The Morgan fingerprint density at radius 3 is 2.54 bits per heavy atom. The van der Waals surface area contributed by atoms with Gasteiger partial charge in [0.2, 0.25) is 0 Å². The highest BCUT2D eigenvalue weighted by molar-refractivity contribution is 5.96. The van der Waals surface area contributed by atoms with Crippen molar-refractivity contribution in [1.82, 2.24) is 25.6 Å². The van der Waals surface area contributed by atoms with E-state index >= 15 is 0 Å². The molecular weight excluding hydrogens is 302 g/mol. The van der Waals surface area contributed by atoms with E-state index in [4.69, 9.17) is 9.82 Å². The molecule has 2 aromatic heterocycles. The zero-order chi connectivity index (χ0) is 17.0. The summed E-state index contributed by atoms with van der Waals surface area (Å²) in [4.78, 5) is 13.6. The molecule has 1 aliphatic rings. The standard InChI is InChI=1S/C18H21N5O/c1-8-16(9(2)22-21-8)14-6-13(17-10(3)23-24-11(17)4)7-15-18(14)20-12(5)19-15/h6-7,10,23H,1-5H3,(H,19,20)(H,21,22). The second kappa shape index (κ2) is 5.21. The molecule has 6 heteroatoms. The van der Waals surface area contributed by atoms with Crippen molar-refractivity contribution >= 4 is 16.6 Å². The summed E-state index contributed by atoms with van der Waals surface area (Å²) in [5.74, 6) is 1.81. The zero-order valence-electron chi connectivity index (χ0n) is 14.5. The zero-order valence-corrected chi connectivity index (χ0v) is 14.5. The first kappa shape index (κ1) is 15.0. The van der Waals surface area contributed by atoms with Crippen molar-refractivity contribution in [3.05, 3.63) is 40.7 Å². The molecule has 0 bridgehead atoms. The van der Waals surface area contributed by atoms with E-state index in [2.05, 4.69) is 39.7 Å². The quantitative estimate of drug-likeness (QED) is 0.674. The van der Waals surface area contributed by atoms with Crippen LogP contribution in [0.2, 0.25) is 0 Å². The number of hydroxylamine groups is 1. The molecule has 0 radical (unpaired) electrons. The minimum absolute atomic E-state index is 0.144. The lowest BCUT2D eigenvalue weighted by molar-refractivity contribution is 0.122. The van der Waals surface area contributed by atoms with E-state index in [0.717, 1.165) is 50.7 Å². The van der Waals surface area contributed by atoms with E-state index in [-0.39, 0.29) is 6.04 Å². The molecule has 1 aromatic carbocycles. The fraction of sp³-hybridized carbons (Fsp3) is 0.333. The summed E-state index contributed by atoms with van der Waals surface area (Å²) in [7, 11) is 0. The van der Waals surface area contributed by atoms with Crippen molar-refractivity contribution in [2.45, 2.75) is 40.7 Å². The minimum atomic E-state index is 0.144. The molecular formula is C18H21N5O. The largest absolute Gasteiger partial charge is 0.413 e. The van der Waals surface area contributed by atoms with Gasteiger partial charge in [0.05, 0.1) is 22.8 Å². The fourth-order valence-corrected chi connectivity index (χ4v) is 3.58. The van der Waals surface area contributed by atoms with Crippen molar-refractivity contribution < 1.29 is 4.84 Å². The first-order valence-corrected chi connectivity index (χ1v) is 8.11. The predicted octanol–water partition coefficient (Wildman–Crippen LogP) is 3.53. The Morgan fingerprint density at radius 2 is 1.92 bits per heavy atom. The average Bonchev–Trinajstić information content (AvgIpc) is 3.16. The van der Waals surface area contributed by atoms with Gasteiger partial charge in [0.1, 0.15) is 11.6 Å². The number of hydrogen-bond donors (Lipinski definition) is 3. The Labute approximate surface area is 140 Å². The molecule has 0 saturated carbocycles. The molecule has 1 atom stereocenters. The van der Waals surface area contributed by atoms with Gasteiger partial charge in [0.15, 0.2) is 0 Å². The van der Waals surface area contributed by atoms with Crippen molar-refractivity contribution in [1.29, 1.82) is 0 Å². The van der Waals surface area contributed by atoms with Gasteiger partial charge in [-0.2, -0.15) is 5.10 Å². The van der Waals surface area contributed by atoms with Crippen LogP contribution in [0.3, 0.4) is 0 Å². The fourth-order valence-electron chi connectivity index (χ4n) is 3.58. The molecule has 1 unspecified atom stereocenters. The highest BCUT2D eigenvalue weighted by atomic mass is 16.7. The highest BCUT2D eigenvalue weighted by Crippen LogP contribution is 2.36. The molecule has 3 N–H and O–H groups in total. The molecule has 0 aliphatic carbocycles. The molecule has 0 spiro atoms. The second-order valence-corrected chi connectivity index (χ2v) is 6.46. The van der Waals surface area contributed by atoms with Crippen LogP contribution < -0.4 is 5.48 Å². The molecule has 0 saturated heterocycles. The summed E-state index contributed by atoms with van der Waals surface area (Å²) in [5.41, 5.74) is 11.6. The Kier molecular flexibility index (Phi) is 3.25. The summed E-state index contributed by atoms with van der Waals surface area (Å²) >= 11 is 0. The summed E-state index contributed by atoms with van der Waals surface area (Å²) in [6.45, 7) is 10.1. The number of allylic oxidation sites excluding steroid dienone is 1. The highest BCUT2D eigenvalue weighted by Gasteiger charge is 2.25. The van der Waals surface area contributed by atoms with Crippen molar-refractivity contribution in [2.24, 2.45) is 0 Å². The number of aryl methyl sites for hydroxylation is 3. The number of hydrogen-bond acceptors (Lipinski definition) is 4. The molecule has 0 fully saturated rings. The molecule has 24 heavy (non-hydrogen) atoms. The summed E-state index contributed by atoms with van der Waals surface area (Å²) in [5, 5.41) is 7.43. The topological polar surface area (TPSA) is 78.6 Å². The number of nitrogens with one attached hydrogen (secondary N) is 3. The maximum atomic E-state index is 5.51. The van der Waals surface area contributed by atoms with E-state index in [1.807, 2.05) is 27.7 Å². The Balaban J connectivity index is 2.04. The van der Waals surface area contributed by atoms with Crippen molar-refractivity contribution in [3.63, 3.8) is 0 Å². The number of benzene rings is 1. The van der Waals surface area contributed by atoms with Crippen LogP contribution in [0.1, 0.15) is 36.6 Å².